The highest BCUT2D eigenvalue weighted by molar-refractivity contribution is 7.92. The molecule has 0 bridgehead atoms. The van der Waals surface area contributed by atoms with Gasteiger partial charge in [0.2, 0.25) is 0 Å². The number of rotatable bonds is 5. The van der Waals surface area contributed by atoms with Crippen LogP contribution in [0.5, 0.6) is 5.75 Å². The first-order valence-electron chi connectivity index (χ1n) is 5.92. The lowest BCUT2D eigenvalue weighted by Gasteiger charge is -2.09. The Morgan fingerprint density at radius 3 is 2.52 bits per heavy atom. The van der Waals surface area contributed by atoms with Crippen molar-refractivity contribution in [2.24, 2.45) is 0 Å². The maximum Gasteiger partial charge on any atom is 0.335 e. The van der Waals surface area contributed by atoms with Gasteiger partial charge in [-0.15, -0.1) is 0 Å². The van der Waals surface area contributed by atoms with Crippen molar-refractivity contribution in [2.45, 2.75) is 4.90 Å². The lowest BCUT2D eigenvalue weighted by molar-refractivity contribution is 0.0697. The Labute approximate surface area is 122 Å². The number of sulfonamides is 1. The number of anilines is 1. The molecule has 2 rings (SSSR count). The summed E-state index contributed by atoms with van der Waals surface area (Å²) in [5.74, 6) is -0.713. The van der Waals surface area contributed by atoms with E-state index < -0.39 is 16.0 Å². The average molecular weight is 307 g/mol. The Morgan fingerprint density at radius 1 is 1.14 bits per heavy atom. The molecule has 2 aromatic carbocycles. The van der Waals surface area contributed by atoms with E-state index in [1.54, 1.807) is 12.1 Å². The molecule has 2 N–H and O–H groups in total. The number of nitrogens with one attached hydrogen (secondary N) is 1. The number of benzene rings is 2. The average Bonchev–Trinajstić information content (AvgIpc) is 2.47. The Bertz CT molecular complexity index is 770. The monoisotopic (exact) mass is 307 g/mol. The summed E-state index contributed by atoms with van der Waals surface area (Å²) in [7, 11) is -2.37. The number of hydrogen-bond acceptors (Lipinski definition) is 4. The van der Waals surface area contributed by atoms with Gasteiger partial charge in [0.1, 0.15) is 5.75 Å². The van der Waals surface area contributed by atoms with Crippen LogP contribution in [0, 0.1) is 0 Å². The van der Waals surface area contributed by atoms with Crippen LogP contribution < -0.4 is 9.46 Å². The molecule has 0 aromatic heterocycles. The van der Waals surface area contributed by atoms with Crippen LogP contribution in [-0.4, -0.2) is 26.6 Å². The third-order valence-corrected chi connectivity index (χ3v) is 4.09. The minimum atomic E-state index is -3.81. The number of ether oxygens (including phenoxy) is 1. The summed E-state index contributed by atoms with van der Waals surface area (Å²) in [5, 5.41) is 8.90. The predicted octanol–water partition coefficient (Wildman–Crippen LogP) is 2.19. The molecule has 0 aliphatic heterocycles. The highest BCUT2D eigenvalue weighted by Crippen LogP contribution is 2.20. The number of carbonyl (C=O) groups is 1. The van der Waals surface area contributed by atoms with Crippen LogP contribution in [0.2, 0.25) is 0 Å². The largest absolute Gasteiger partial charge is 0.497 e. The molecular weight excluding hydrogens is 294 g/mol. The van der Waals surface area contributed by atoms with E-state index >= 15 is 0 Å². The summed E-state index contributed by atoms with van der Waals surface area (Å²) >= 11 is 0. The topological polar surface area (TPSA) is 92.7 Å². The maximum atomic E-state index is 12.2. The molecule has 0 unspecified atom stereocenters. The fraction of sp³-hybridized carbons (Fsp3) is 0.0714. The van der Waals surface area contributed by atoms with Gasteiger partial charge in [-0.25, -0.2) is 13.2 Å². The minimum Gasteiger partial charge on any atom is -0.497 e. The molecular formula is C14H13NO5S. The second-order valence-electron chi connectivity index (χ2n) is 4.17. The third-order valence-electron chi connectivity index (χ3n) is 2.71. The van der Waals surface area contributed by atoms with Gasteiger partial charge < -0.3 is 9.84 Å². The van der Waals surface area contributed by atoms with Gasteiger partial charge >= 0.3 is 5.97 Å². The van der Waals surface area contributed by atoms with Gasteiger partial charge in [0.05, 0.1) is 17.6 Å². The maximum absolute atomic E-state index is 12.2. The molecule has 0 spiro atoms. The summed E-state index contributed by atoms with van der Waals surface area (Å²) in [4.78, 5) is 10.9. The minimum absolute atomic E-state index is 0.000780. The van der Waals surface area contributed by atoms with E-state index in [0.29, 0.717) is 5.75 Å². The number of carboxylic acid groups (broad SMARTS) is 1. The van der Waals surface area contributed by atoms with Crippen molar-refractivity contribution in [1.29, 1.82) is 0 Å². The van der Waals surface area contributed by atoms with Gasteiger partial charge in [-0.3, -0.25) is 4.72 Å². The van der Waals surface area contributed by atoms with Crippen LogP contribution in [0.3, 0.4) is 0 Å². The van der Waals surface area contributed by atoms with E-state index in [2.05, 4.69) is 4.72 Å². The molecule has 0 aliphatic rings. The van der Waals surface area contributed by atoms with Gasteiger partial charge in [-0.2, -0.15) is 0 Å². The second-order valence-corrected chi connectivity index (χ2v) is 5.85. The predicted molar refractivity (Wildman–Crippen MR) is 77.2 cm³/mol. The molecule has 7 heteroatoms. The van der Waals surface area contributed by atoms with Crippen molar-refractivity contribution in [3.05, 3.63) is 54.1 Å². The van der Waals surface area contributed by atoms with Gasteiger partial charge in [-0.1, -0.05) is 12.1 Å². The van der Waals surface area contributed by atoms with Crippen molar-refractivity contribution in [2.75, 3.05) is 11.8 Å². The summed E-state index contributed by atoms with van der Waals surface area (Å²) in [6.07, 6.45) is 0. The number of aromatic carboxylic acids is 1. The molecule has 0 heterocycles. The molecule has 0 aliphatic carbocycles. The zero-order valence-corrected chi connectivity index (χ0v) is 11.9. The summed E-state index contributed by atoms with van der Waals surface area (Å²) in [6, 6.07) is 11.6. The molecule has 21 heavy (non-hydrogen) atoms. The Morgan fingerprint density at radius 2 is 1.86 bits per heavy atom. The highest BCUT2D eigenvalue weighted by atomic mass is 32.2. The molecule has 0 amide bonds. The normalized spacial score (nSPS) is 10.9. The second kappa shape index (κ2) is 5.84. The van der Waals surface area contributed by atoms with Crippen molar-refractivity contribution in [3.63, 3.8) is 0 Å². The van der Waals surface area contributed by atoms with E-state index in [0.717, 1.165) is 0 Å². The molecule has 6 nitrogen and oxygen atoms in total. The van der Waals surface area contributed by atoms with Crippen LogP contribution in [0.25, 0.3) is 0 Å². The van der Waals surface area contributed by atoms with Gasteiger partial charge in [0.15, 0.2) is 0 Å². The van der Waals surface area contributed by atoms with Crippen LogP contribution >= 0.6 is 0 Å². The van der Waals surface area contributed by atoms with Crippen LogP contribution in [-0.2, 0) is 10.0 Å². The Kier molecular flexibility index (Phi) is 4.13. The molecule has 0 saturated carbocycles. The lowest BCUT2D eigenvalue weighted by atomic mass is 10.2. The van der Waals surface area contributed by atoms with Crippen molar-refractivity contribution in [1.82, 2.24) is 0 Å². The van der Waals surface area contributed by atoms with E-state index in [-0.39, 0.29) is 16.1 Å². The number of hydrogen-bond donors (Lipinski definition) is 2. The summed E-state index contributed by atoms with van der Waals surface area (Å²) in [6.45, 7) is 0. The van der Waals surface area contributed by atoms with Crippen LogP contribution in [0.15, 0.2) is 53.4 Å². The van der Waals surface area contributed by atoms with Gasteiger partial charge in [0.25, 0.3) is 10.0 Å². The summed E-state index contributed by atoms with van der Waals surface area (Å²) < 4.78 is 31.8. The first-order chi connectivity index (χ1) is 9.92. The zero-order valence-electron chi connectivity index (χ0n) is 11.1. The first kappa shape index (κ1) is 14.9. The van der Waals surface area contributed by atoms with Gasteiger partial charge in [-0.05, 0) is 30.3 Å². The van der Waals surface area contributed by atoms with Gasteiger partial charge in [0, 0.05) is 11.8 Å². The first-order valence-corrected chi connectivity index (χ1v) is 7.41. The van der Waals surface area contributed by atoms with E-state index in [1.165, 1.54) is 43.5 Å². The fourth-order valence-electron chi connectivity index (χ4n) is 1.70. The van der Waals surface area contributed by atoms with Crippen LogP contribution in [0.4, 0.5) is 5.69 Å². The third kappa shape index (κ3) is 3.51. The summed E-state index contributed by atoms with van der Waals surface area (Å²) in [5.41, 5.74) is 0.179. The van der Waals surface area contributed by atoms with E-state index in [4.69, 9.17) is 9.84 Å². The van der Waals surface area contributed by atoms with Crippen LogP contribution in [0.1, 0.15) is 10.4 Å². The SMILES string of the molecule is COc1cccc(S(=O)(=O)Nc2cccc(C(=O)O)c2)c1. The fourth-order valence-corrected chi connectivity index (χ4v) is 2.78. The van der Waals surface area contributed by atoms with Crippen molar-refractivity contribution < 1.29 is 23.1 Å². The Hall–Kier alpha value is -2.54. The quantitative estimate of drug-likeness (QED) is 0.883. The van der Waals surface area contributed by atoms with E-state index in [1.807, 2.05) is 0 Å². The zero-order chi connectivity index (χ0) is 15.5. The highest BCUT2D eigenvalue weighted by Gasteiger charge is 2.15. The molecule has 2 aromatic rings. The molecule has 0 saturated heterocycles. The van der Waals surface area contributed by atoms with E-state index in [9.17, 15) is 13.2 Å². The molecule has 110 valence electrons. The molecule has 0 fully saturated rings. The van der Waals surface area contributed by atoms with Crippen molar-refractivity contribution >= 4 is 21.7 Å². The smallest absolute Gasteiger partial charge is 0.335 e. The molecule has 0 radical (unpaired) electrons. The number of carboxylic acids is 1. The van der Waals surface area contributed by atoms with Crippen molar-refractivity contribution in [3.8, 4) is 5.75 Å². The lowest BCUT2D eigenvalue weighted by Crippen LogP contribution is -2.13. The molecule has 0 atom stereocenters. The standard InChI is InChI=1S/C14H13NO5S/c1-20-12-6-3-7-13(9-12)21(18,19)15-11-5-2-4-10(8-11)14(16)17/h2-9,15H,1H3,(H,16,17). The Balaban J connectivity index is 2.32. The number of methoxy groups -OCH3 is 1.